The Morgan fingerprint density at radius 2 is 1.75 bits per heavy atom. The normalized spacial score (nSPS) is 14.9. The van der Waals surface area contributed by atoms with Gasteiger partial charge in [-0.15, -0.1) is 11.3 Å². The van der Waals surface area contributed by atoms with Crippen molar-refractivity contribution in [1.82, 2.24) is 4.90 Å². The summed E-state index contributed by atoms with van der Waals surface area (Å²) in [6, 6.07) is 11.4. The average Bonchev–Trinajstić information content (AvgIpc) is 3.25. The molecule has 1 aliphatic heterocycles. The van der Waals surface area contributed by atoms with Gasteiger partial charge in [-0.05, 0) is 23.8 Å². The molecule has 1 aromatic carbocycles. The molecule has 2 heterocycles. The van der Waals surface area contributed by atoms with Gasteiger partial charge < -0.3 is 25.0 Å². The van der Waals surface area contributed by atoms with E-state index in [1.165, 1.54) is 11.3 Å². The minimum absolute atomic E-state index is 0.291. The van der Waals surface area contributed by atoms with E-state index in [2.05, 4.69) is 9.80 Å². The topological polar surface area (TPSA) is 128 Å². The van der Waals surface area contributed by atoms with Gasteiger partial charge in [-0.25, -0.2) is 9.59 Å². The van der Waals surface area contributed by atoms with E-state index in [0.717, 1.165) is 47.9 Å². The summed E-state index contributed by atoms with van der Waals surface area (Å²) >= 11 is 7.62. The van der Waals surface area contributed by atoms with Crippen LogP contribution in [0, 0.1) is 0 Å². The van der Waals surface area contributed by atoms with E-state index in [0.29, 0.717) is 24.8 Å². The molecule has 3 rings (SSSR count). The van der Waals surface area contributed by atoms with Crippen LogP contribution in [0.1, 0.15) is 15.2 Å². The minimum atomic E-state index is -1.82. The lowest BCUT2D eigenvalue weighted by molar-refractivity contribution is -0.159. The number of hydrogen-bond donors (Lipinski definition) is 3. The molecule has 2 aromatic rings. The fraction of sp³-hybridized carbons (Fsp3) is 0.381. The van der Waals surface area contributed by atoms with Gasteiger partial charge in [0.15, 0.2) is 6.29 Å². The number of piperazine rings is 1. The number of carbonyl (C=O) groups excluding carboxylic acids is 1. The molecule has 1 unspecified atom stereocenters. The summed E-state index contributed by atoms with van der Waals surface area (Å²) in [5.74, 6) is -3.65. The van der Waals surface area contributed by atoms with Crippen LogP contribution in [0.15, 0.2) is 36.4 Å². The lowest BCUT2D eigenvalue weighted by atomic mass is 10.2. The molecule has 0 spiro atoms. The number of benzene rings is 1. The Morgan fingerprint density at radius 1 is 1.09 bits per heavy atom. The highest BCUT2D eigenvalue weighted by Gasteiger charge is 2.20. The maximum atomic E-state index is 10.8. The lowest BCUT2D eigenvalue weighted by Gasteiger charge is -2.36. The molecule has 1 fully saturated rings. The molecule has 0 aliphatic carbocycles. The number of hydrogen-bond acceptors (Lipinski definition) is 8. The monoisotopic (exact) mass is 484 g/mol. The van der Waals surface area contributed by atoms with Gasteiger partial charge in [0.25, 0.3) is 0 Å². The Bertz CT molecular complexity index is 888. The molecule has 11 heteroatoms. The summed E-state index contributed by atoms with van der Waals surface area (Å²) in [5.41, 5.74) is 0.931. The molecule has 0 bridgehead atoms. The first-order valence-electron chi connectivity index (χ1n) is 9.78. The van der Waals surface area contributed by atoms with E-state index in [4.69, 9.17) is 36.1 Å². The minimum Gasteiger partial charge on any atom is -0.473 e. The number of rotatable bonds is 8. The smallest absolute Gasteiger partial charge is 0.414 e. The zero-order valence-electron chi connectivity index (χ0n) is 17.2. The summed E-state index contributed by atoms with van der Waals surface area (Å²) in [4.78, 5) is 34.3. The first kappa shape index (κ1) is 25.8. The second-order valence-electron chi connectivity index (χ2n) is 6.95. The van der Waals surface area contributed by atoms with Crippen LogP contribution in [-0.2, 0) is 20.9 Å². The van der Waals surface area contributed by atoms with Crippen LogP contribution >= 0.6 is 22.9 Å². The highest BCUT2D eigenvalue weighted by Crippen LogP contribution is 2.26. The number of aliphatic hydroxyl groups is 1. The van der Waals surface area contributed by atoms with Crippen LogP contribution in [-0.4, -0.2) is 83.9 Å². The SMILES string of the molecule is O=C(O)C(=O)O.O=Cc1ccc(N2CCN(CC(O)COCc3ccccc3Cl)CC2)s1. The van der Waals surface area contributed by atoms with Crippen molar-refractivity contribution in [3.05, 3.63) is 51.9 Å². The van der Waals surface area contributed by atoms with E-state index in [1.54, 1.807) is 0 Å². The summed E-state index contributed by atoms with van der Waals surface area (Å²) in [6.07, 6.45) is 0.371. The highest BCUT2D eigenvalue weighted by molar-refractivity contribution is 7.17. The van der Waals surface area contributed by atoms with Gasteiger partial charge in [0.1, 0.15) is 0 Å². The van der Waals surface area contributed by atoms with Gasteiger partial charge in [0, 0.05) is 37.7 Å². The number of carboxylic acid groups (broad SMARTS) is 2. The third-order valence-electron chi connectivity index (χ3n) is 4.59. The number of halogens is 1. The quantitative estimate of drug-likeness (QED) is 0.381. The molecule has 0 saturated carbocycles. The van der Waals surface area contributed by atoms with Gasteiger partial charge in [-0.1, -0.05) is 29.8 Å². The van der Waals surface area contributed by atoms with Crippen LogP contribution < -0.4 is 4.90 Å². The second-order valence-corrected chi connectivity index (χ2v) is 8.45. The number of thiophene rings is 1. The van der Waals surface area contributed by atoms with Gasteiger partial charge >= 0.3 is 11.9 Å². The van der Waals surface area contributed by atoms with Crippen molar-refractivity contribution in [3.63, 3.8) is 0 Å². The summed E-state index contributed by atoms with van der Waals surface area (Å²) in [5, 5.41) is 26.8. The Morgan fingerprint density at radius 3 is 2.31 bits per heavy atom. The lowest BCUT2D eigenvalue weighted by Crippen LogP contribution is -2.49. The van der Waals surface area contributed by atoms with Crippen molar-refractivity contribution >= 4 is 46.2 Å². The average molecular weight is 485 g/mol. The van der Waals surface area contributed by atoms with Crippen molar-refractivity contribution < 1.29 is 34.4 Å². The molecule has 3 N–H and O–H groups in total. The first-order valence-corrected chi connectivity index (χ1v) is 11.0. The molecular weight excluding hydrogens is 460 g/mol. The van der Waals surface area contributed by atoms with Gasteiger partial charge in [0.05, 0.1) is 29.2 Å². The predicted octanol–water partition coefficient (Wildman–Crippen LogP) is 2.07. The molecule has 1 atom stereocenters. The molecular formula is C21H25ClN2O7S. The number of carbonyl (C=O) groups is 3. The maximum absolute atomic E-state index is 10.8. The van der Waals surface area contributed by atoms with Gasteiger partial charge in [-0.3, -0.25) is 9.69 Å². The Balaban J connectivity index is 0.000000534. The van der Waals surface area contributed by atoms with E-state index >= 15 is 0 Å². The van der Waals surface area contributed by atoms with Crippen LogP contribution in [0.25, 0.3) is 0 Å². The standard InChI is InChI=1S/C19H23ClN2O3S.C2H2O4/c20-18-4-2-1-3-15(18)13-25-14-16(24)11-21-7-9-22(10-8-21)19-6-5-17(12-23)26-19;3-1(4)2(5)6/h1-6,12,16,24H,7-11,13-14H2;(H,3,4)(H,5,6). The van der Waals surface area contributed by atoms with E-state index in [9.17, 15) is 9.90 Å². The predicted molar refractivity (Wildman–Crippen MR) is 121 cm³/mol. The maximum Gasteiger partial charge on any atom is 0.414 e. The zero-order valence-corrected chi connectivity index (χ0v) is 18.8. The summed E-state index contributed by atoms with van der Waals surface area (Å²) < 4.78 is 5.61. The molecule has 9 nitrogen and oxygen atoms in total. The fourth-order valence-corrected chi connectivity index (χ4v) is 4.06. The number of carboxylic acids is 2. The highest BCUT2D eigenvalue weighted by atomic mass is 35.5. The van der Waals surface area contributed by atoms with E-state index in [1.807, 2.05) is 36.4 Å². The van der Waals surface area contributed by atoms with Crippen molar-refractivity contribution in [1.29, 1.82) is 0 Å². The molecule has 0 radical (unpaired) electrons. The van der Waals surface area contributed by atoms with Crippen molar-refractivity contribution in [2.24, 2.45) is 0 Å². The van der Waals surface area contributed by atoms with Crippen LogP contribution in [0.5, 0.6) is 0 Å². The van der Waals surface area contributed by atoms with Gasteiger partial charge in [0.2, 0.25) is 0 Å². The van der Waals surface area contributed by atoms with Gasteiger partial charge in [-0.2, -0.15) is 0 Å². The van der Waals surface area contributed by atoms with Crippen molar-refractivity contribution in [2.75, 3.05) is 44.2 Å². The molecule has 174 valence electrons. The first-order chi connectivity index (χ1) is 15.3. The third-order valence-corrected chi connectivity index (χ3v) is 6.03. The molecule has 1 aliphatic rings. The molecule has 1 aromatic heterocycles. The molecule has 32 heavy (non-hydrogen) atoms. The summed E-state index contributed by atoms with van der Waals surface area (Å²) in [7, 11) is 0. The number of nitrogens with zero attached hydrogens (tertiary/aromatic N) is 2. The third kappa shape index (κ3) is 8.56. The molecule has 1 saturated heterocycles. The number of aldehydes is 1. The number of aliphatic carboxylic acids is 2. The van der Waals surface area contributed by atoms with Crippen molar-refractivity contribution in [2.45, 2.75) is 12.7 Å². The zero-order chi connectivity index (χ0) is 23.5. The van der Waals surface area contributed by atoms with Crippen LogP contribution in [0.3, 0.4) is 0 Å². The molecule has 0 amide bonds. The number of anilines is 1. The van der Waals surface area contributed by atoms with E-state index < -0.39 is 18.0 Å². The van der Waals surface area contributed by atoms with Crippen LogP contribution in [0.2, 0.25) is 5.02 Å². The largest absolute Gasteiger partial charge is 0.473 e. The Labute approximate surface area is 194 Å². The fourth-order valence-electron chi connectivity index (χ4n) is 3.00. The van der Waals surface area contributed by atoms with Crippen molar-refractivity contribution in [3.8, 4) is 0 Å². The Hall–Kier alpha value is -2.50. The summed E-state index contributed by atoms with van der Waals surface area (Å²) in [6.45, 7) is 4.85. The van der Waals surface area contributed by atoms with E-state index in [-0.39, 0.29) is 0 Å². The van der Waals surface area contributed by atoms with Crippen LogP contribution in [0.4, 0.5) is 5.00 Å². The number of aliphatic hydroxyl groups excluding tert-OH is 1. The second kappa shape index (κ2) is 13.1. The number of ether oxygens (including phenoxy) is 1. The Kier molecular flexibility index (Phi) is 10.6. The number of β-amino-alcohol motifs (C(OH)–C–C–N with tert-alkyl or cyclic N) is 1.